The lowest BCUT2D eigenvalue weighted by atomic mass is 9.62. The molecule has 3 aromatic rings. The minimum atomic E-state index is -1.03. The summed E-state index contributed by atoms with van der Waals surface area (Å²) in [7, 11) is 2.73. The van der Waals surface area contributed by atoms with Crippen molar-refractivity contribution in [3.8, 4) is 5.75 Å². The molecule has 10 heteroatoms. The number of carbonyl (C=O) groups is 2. The third kappa shape index (κ3) is 6.27. The number of nitrogens with two attached hydrogens (primary N) is 1. The lowest BCUT2D eigenvalue weighted by molar-refractivity contribution is -0.118. The molecule has 224 valence electrons. The van der Waals surface area contributed by atoms with Gasteiger partial charge in [-0.05, 0) is 65.4 Å². The summed E-state index contributed by atoms with van der Waals surface area (Å²) in [4.78, 5) is 26.2. The first-order valence-electron chi connectivity index (χ1n) is 13.6. The molecule has 1 heterocycles. The summed E-state index contributed by atoms with van der Waals surface area (Å²) in [5, 5.41) is 7.30. The molecule has 3 aromatic carbocycles. The number of hydrogen-bond acceptors (Lipinski definition) is 6. The molecule has 4 rings (SSSR count). The predicted octanol–water partition coefficient (Wildman–Crippen LogP) is 6.32. The highest BCUT2D eigenvalue weighted by atomic mass is 35.5. The molecule has 42 heavy (non-hydrogen) atoms. The Hall–Kier alpha value is -3.17. The molecule has 1 fully saturated rings. The molecule has 7 nitrogen and oxygen atoms in total. The molecule has 4 atom stereocenters. The largest absolute Gasteiger partial charge is 0.495 e. The summed E-state index contributed by atoms with van der Waals surface area (Å²) in [5.41, 5.74) is 7.20. The van der Waals surface area contributed by atoms with E-state index in [-0.39, 0.29) is 34.2 Å². The number of esters is 1. The molecular weight excluding hydrogens is 580 g/mol. The summed E-state index contributed by atoms with van der Waals surface area (Å²) in [5.74, 6) is -1.71. The van der Waals surface area contributed by atoms with Gasteiger partial charge in [-0.15, -0.1) is 0 Å². The number of benzene rings is 3. The molecule has 0 unspecified atom stereocenters. The SMILES string of the molecule is COC(=O)c1ccc(NC(=O)[C@@H]2N[C@@H](CC(C)(C)C)[C@](CN)(c3ccc(Cl)cc3F)[C@H]2c2ccc(Cl)cc2)c(OC)c1. The third-order valence-electron chi connectivity index (χ3n) is 7.87. The zero-order valence-electron chi connectivity index (χ0n) is 24.3. The topological polar surface area (TPSA) is 103 Å². The molecule has 1 aliphatic rings. The fourth-order valence-electron chi connectivity index (χ4n) is 6.07. The Kier molecular flexibility index (Phi) is 9.52. The van der Waals surface area contributed by atoms with Crippen LogP contribution in [0.3, 0.4) is 0 Å². The van der Waals surface area contributed by atoms with Gasteiger partial charge in [0.2, 0.25) is 5.91 Å². The molecule has 4 N–H and O–H groups in total. The Labute approximate surface area is 255 Å². The Morgan fingerprint density at radius 2 is 1.69 bits per heavy atom. The molecule has 1 amide bonds. The number of nitrogens with one attached hydrogen (secondary N) is 2. The second kappa shape index (κ2) is 12.6. The molecule has 0 bridgehead atoms. The van der Waals surface area contributed by atoms with Crippen LogP contribution in [0.4, 0.5) is 10.1 Å². The fourth-order valence-corrected chi connectivity index (χ4v) is 6.35. The van der Waals surface area contributed by atoms with E-state index >= 15 is 4.39 Å². The number of amides is 1. The molecule has 0 spiro atoms. The summed E-state index contributed by atoms with van der Waals surface area (Å²) in [6.45, 7) is 6.32. The number of ether oxygens (including phenoxy) is 2. The van der Waals surface area contributed by atoms with Crippen molar-refractivity contribution in [3.63, 3.8) is 0 Å². The number of carbonyl (C=O) groups excluding carboxylic acids is 2. The highest BCUT2D eigenvalue weighted by Gasteiger charge is 2.59. The summed E-state index contributed by atoms with van der Waals surface area (Å²) < 4.78 is 26.1. The molecule has 0 aliphatic carbocycles. The van der Waals surface area contributed by atoms with Gasteiger partial charge in [-0.25, -0.2) is 9.18 Å². The van der Waals surface area contributed by atoms with Gasteiger partial charge in [-0.3, -0.25) is 4.79 Å². The molecule has 1 aliphatic heterocycles. The van der Waals surface area contributed by atoms with Crippen LogP contribution in [-0.4, -0.2) is 44.7 Å². The molecule has 0 radical (unpaired) electrons. The van der Waals surface area contributed by atoms with Gasteiger partial charge in [0, 0.05) is 34.0 Å². The van der Waals surface area contributed by atoms with Crippen LogP contribution in [0.25, 0.3) is 0 Å². The quantitative estimate of drug-likeness (QED) is 0.256. The average molecular weight is 617 g/mol. The van der Waals surface area contributed by atoms with E-state index in [2.05, 4.69) is 31.4 Å². The van der Waals surface area contributed by atoms with Crippen LogP contribution in [0.1, 0.15) is 54.6 Å². The van der Waals surface area contributed by atoms with Crippen LogP contribution in [0, 0.1) is 11.2 Å². The van der Waals surface area contributed by atoms with Gasteiger partial charge in [0.15, 0.2) is 0 Å². The second-order valence-electron chi connectivity index (χ2n) is 11.8. The average Bonchev–Trinajstić information content (AvgIpc) is 3.26. The van der Waals surface area contributed by atoms with Gasteiger partial charge in [-0.2, -0.15) is 0 Å². The van der Waals surface area contributed by atoms with Crippen molar-refractivity contribution in [1.29, 1.82) is 0 Å². The summed E-state index contributed by atoms with van der Waals surface area (Å²) in [6.07, 6.45) is 0.595. The third-order valence-corrected chi connectivity index (χ3v) is 8.36. The maximum absolute atomic E-state index is 15.9. The van der Waals surface area contributed by atoms with Crippen molar-refractivity contribution < 1.29 is 23.5 Å². The summed E-state index contributed by atoms with van der Waals surface area (Å²) >= 11 is 12.4. The van der Waals surface area contributed by atoms with E-state index in [0.29, 0.717) is 22.7 Å². The van der Waals surface area contributed by atoms with Crippen molar-refractivity contribution in [2.75, 3.05) is 26.1 Å². The Balaban J connectivity index is 1.87. The van der Waals surface area contributed by atoms with Crippen LogP contribution in [0.5, 0.6) is 5.75 Å². The van der Waals surface area contributed by atoms with Crippen LogP contribution in [0.15, 0.2) is 60.7 Å². The van der Waals surface area contributed by atoms with E-state index in [9.17, 15) is 9.59 Å². The van der Waals surface area contributed by atoms with Gasteiger partial charge in [0.05, 0.1) is 31.5 Å². The smallest absolute Gasteiger partial charge is 0.337 e. The number of rotatable bonds is 8. The maximum atomic E-state index is 15.9. The highest BCUT2D eigenvalue weighted by molar-refractivity contribution is 6.30. The van der Waals surface area contributed by atoms with Crippen LogP contribution in [0.2, 0.25) is 10.0 Å². The van der Waals surface area contributed by atoms with Gasteiger partial charge in [0.1, 0.15) is 11.6 Å². The zero-order valence-corrected chi connectivity index (χ0v) is 25.8. The fraction of sp³-hybridized carbons (Fsp3) is 0.375. The van der Waals surface area contributed by atoms with E-state index in [0.717, 1.165) is 5.56 Å². The monoisotopic (exact) mass is 615 g/mol. The number of hydrogen-bond donors (Lipinski definition) is 3. The molecular formula is C32H36Cl2FN3O4. The number of methoxy groups -OCH3 is 2. The van der Waals surface area contributed by atoms with Crippen LogP contribution >= 0.6 is 23.2 Å². The highest BCUT2D eigenvalue weighted by Crippen LogP contribution is 2.52. The summed E-state index contributed by atoms with van der Waals surface area (Å²) in [6, 6.07) is 15.2. The molecule has 1 saturated heterocycles. The maximum Gasteiger partial charge on any atom is 0.337 e. The normalized spacial score (nSPS) is 22.1. The van der Waals surface area contributed by atoms with Crippen molar-refractivity contribution >= 4 is 40.8 Å². The first kappa shape index (κ1) is 31.8. The minimum Gasteiger partial charge on any atom is -0.495 e. The first-order valence-corrected chi connectivity index (χ1v) is 14.3. The molecule has 0 aromatic heterocycles. The molecule has 0 saturated carbocycles. The lowest BCUT2D eigenvalue weighted by Gasteiger charge is -2.42. The van der Waals surface area contributed by atoms with Gasteiger partial charge < -0.3 is 25.8 Å². The van der Waals surface area contributed by atoms with Crippen LogP contribution < -0.4 is 21.1 Å². The minimum absolute atomic E-state index is 0.0491. The van der Waals surface area contributed by atoms with Gasteiger partial charge >= 0.3 is 5.97 Å². The van der Waals surface area contributed by atoms with Crippen molar-refractivity contribution in [2.24, 2.45) is 11.1 Å². The number of anilines is 1. The Bertz CT molecular complexity index is 1460. The van der Waals surface area contributed by atoms with E-state index in [4.69, 9.17) is 38.4 Å². The Morgan fingerprint density at radius 1 is 1.02 bits per heavy atom. The standard InChI is InChI=1S/C32H36Cl2FN3O4/c1-31(2,3)16-26-32(17-36,22-12-11-21(34)15-23(22)35)27(18-6-9-20(33)10-7-18)28(38-26)29(39)37-24-13-8-19(30(40)42-5)14-25(24)41-4/h6-15,26-28,38H,16-17,36H2,1-5H3,(H,37,39)/t26-,27-,28+,32-/m0/s1. The van der Waals surface area contributed by atoms with E-state index in [1.54, 1.807) is 36.4 Å². The van der Waals surface area contributed by atoms with Crippen molar-refractivity contribution in [2.45, 2.75) is 50.6 Å². The van der Waals surface area contributed by atoms with E-state index < -0.39 is 35.2 Å². The zero-order chi connectivity index (χ0) is 30.8. The van der Waals surface area contributed by atoms with Gasteiger partial charge in [0.25, 0.3) is 0 Å². The van der Waals surface area contributed by atoms with Crippen molar-refractivity contribution in [3.05, 3.63) is 93.2 Å². The second-order valence-corrected chi connectivity index (χ2v) is 12.6. The van der Waals surface area contributed by atoms with Crippen molar-refractivity contribution in [1.82, 2.24) is 5.32 Å². The predicted molar refractivity (Wildman–Crippen MR) is 164 cm³/mol. The lowest BCUT2D eigenvalue weighted by Crippen LogP contribution is -2.50. The Morgan fingerprint density at radius 3 is 2.26 bits per heavy atom. The van der Waals surface area contributed by atoms with E-state index in [1.807, 2.05) is 12.1 Å². The van der Waals surface area contributed by atoms with Crippen LogP contribution in [-0.2, 0) is 14.9 Å². The van der Waals surface area contributed by atoms with Gasteiger partial charge in [-0.1, -0.05) is 62.2 Å². The number of halogens is 3. The van der Waals surface area contributed by atoms with E-state index in [1.165, 1.54) is 26.4 Å². The first-order chi connectivity index (χ1) is 19.8.